The molecule has 138 valence electrons. The number of para-hydroxylation sites is 1. The largest absolute Gasteiger partial charge is 0.353 e. The molecule has 0 unspecified atom stereocenters. The number of piperazine rings is 1. The van der Waals surface area contributed by atoms with E-state index in [1.54, 1.807) is 18.2 Å². The fourth-order valence-corrected chi connectivity index (χ4v) is 3.14. The molecule has 1 fully saturated rings. The minimum Gasteiger partial charge on any atom is -0.353 e. The second-order valence-electron chi connectivity index (χ2n) is 6.46. The van der Waals surface area contributed by atoms with Crippen LogP contribution in [0.1, 0.15) is 5.69 Å². The van der Waals surface area contributed by atoms with Crippen molar-refractivity contribution in [3.63, 3.8) is 0 Å². The van der Waals surface area contributed by atoms with Gasteiger partial charge in [-0.1, -0.05) is 18.2 Å². The molecule has 0 amide bonds. The molecule has 27 heavy (non-hydrogen) atoms. The second kappa shape index (κ2) is 7.57. The van der Waals surface area contributed by atoms with Crippen LogP contribution >= 0.6 is 0 Å². The molecular weight excluding hydrogens is 343 g/mol. The van der Waals surface area contributed by atoms with Crippen molar-refractivity contribution in [2.45, 2.75) is 6.92 Å². The maximum absolute atomic E-state index is 13.9. The minimum atomic E-state index is -0.306. The Balaban J connectivity index is 1.48. The topological polar surface area (TPSA) is 57.2 Å². The van der Waals surface area contributed by atoms with Crippen LogP contribution in [0.3, 0.4) is 0 Å². The number of hydrogen-bond donors (Lipinski definition) is 1. The number of hydrogen-bond acceptors (Lipinski definition) is 6. The number of pyridine rings is 1. The maximum Gasteiger partial charge on any atom is 0.227 e. The molecule has 0 radical (unpaired) electrons. The number of aromatic nitrogens is 3. The highest BCUT2D eigenvalue weighted by molar-refractivity contribution is 5.58. The minimum absolute atomic E-state index is 0.306. The Morgan fingerprint density at radius 2 is 1.67 bits per heavy atom. The van der Waals surface area contributed by atoms with Crippen molar-refractivity contribution in [1.29, 1.82) is 0 Å². The molecule has 3 aromatic rings. The first-order chi connectivity index (χ1) is 13.2. The second-order valence-corrected chi connectivity index (χ2v) is 6.46. The van der Waals surface area contributed by atoms with Gasteiger partial charge in [-0.15, -0.1) is 0 Å². The molecule has 2 aromatic heterocycles. The molecule has 1 N–H and O–H groups in total. The third-order valence-electron chi connectivity index (χ3n) is 4.51. The van der Waals surface area contributed by atoms with Crippen molar-refractivity contribution in [2.24, 2.45) is 0 Å². The van der Waals surface area contributed by atoms with E-state index >= 15 is 0 Å². The van der Waals surface area contributed by atoms with Crippen LogP contribution in [0.15, 0.2) is 54.7 Å². The average molecular weight is 364 g/mol. The standard InChI is InChI=1S/C20H21FN6/c1-15-14-18(24-17-7-3-2-6-16(17)21)25-20(23-15)27-12-10-26(11-13-27)19-8-4-5-9-22-19/h2-9,14H,10-13H2,1H3,(H,23,24,25). The molecule has 7 heteroatoms. The van der Waals surface area contributed by atoms with E-state index in [1.165, 1.54) is 6.07 Å². The van der Waals surface area contributed by atoms with Crippen LogP contribution in [0.5, 0.6) is 0 Å². The number of nitrogens with one attached hydrogen (secondary N) is 1. The van der Waals surface area contributed by atoms with Gasteiger partial charge in [0.2, 0.25) is 5.95 Å². The van der Waals surface area contributed by atoms with E-state index in [2.05, 4.69) is 30.1 Å². The van der Waals surface area contributed by atoms with E-state index in [1.807, 2.05) is 37.4 Å². The van der Waals surface area contributed by atoms with Gasteiger partial charge in [-0.25, -0.2) is 14.4 Å². The summed E-state index contributed by atoms with van der Waals surface area (Å²) in [5, 5.41) is 3.05. The average Bonchev–Trinajstić information content (AvgIpc) is 2.70. The third-order valence-corrected chi connectivity index (χ3v) is 4.51. The highest BCUT2D eigenvalue weighted by Gasteiger charge is 2.20. The molecule has 0 spiro atoms. The van der Waals surface area contributed by atoms with Gasteiger partial charge in [0, 0.05) is 44.1 Å². The van der Waals surface area contributed by atoms with Gasteiger partial charge in [0.1, 0.15) is 17.5 Å². The van der Waals surface area contributed by atoms with Crippen molar-refractivity contribution in [3.8, 4) is 0 Å². The van der Waals surface area contributed by atoms with Crippen LogP contribution in [0, 0.1) is 12.7 Å². The summed E-state index contributed by atoms with van der Waals surface area (Å²) in [7, 11) is 0. The number of rotatable bonds is 4. The van der Waals surface area contributed by atoms with Gasteiger partial charge in [-0.05, 0) is 31.2 Å². The summed E-state index contributed by atoms with van der Waals surface area (Å²) in [6, 6.07) is 14.3. The van der Waals surface area contributed by atoms with Crippen LogP contribution in [-0.4, -0.2) is 41.1 Å². The van der Waals surface area contributed by atoms with E-state index in [0.717, 1.165) is 37.7 Å². The summed E-state index contributed by atoms with van der Waals surface area (Å²) < 4.78 is 13.9. The molecule has 4 rings (SSSR count). The van der Waals surface area contributed by atoms with E-state index in [-0.39, 0.29) is 5.82 Å². The third kappa shape index (κ3) is 3.97. The van der Waals surface area contributed by atoms with E-state index < -0.39 is 0 Å². The van der Waals surface area contributed by atoms with Gasteiger partial charge in [0.25, 0.3) is 0 Å². The monoisotopic (exact) mass is 364 g/mol. The van der Waals surface area contributed by atoms with Crippen molar-refractivity contribution in [1.82, 2.24) is 15.0 Å². The van der Waals surface area contributed by atoms with Crippen molar-refractivity contribution in [2.75, 3.05) is 41.3 Å². The smallest absolute Gasteiger partial charge is 0.227 e. The van der Waals surface area contributed by atoms with Gasteiger partial charge in [0.15, 0.2) is 0 Å². The van der Waals surface area contributed by atoms with Crippen molar-refractivity contribution in [3.05, 3.63) is 66.2 Å². The van der Waals surface area contributed by atoms with Crippen LogP contribution in [0.25, 0.3) is 0 Å². The summed E-state index contributed by atoms with van der Waals surface area (Å²) >= 11 is 0. The first-order valence-corrected chi connectivity index (χ1v) is 8.97. The summed E-state index contributed by atoms with van der Waals surface area (Å²) in [4.78, 5) is 18.0. The lowest BCUT2D eigenvalue weighted by Gasteiger charge is -2.35. The first kappa shape index (κ1) is 17.2. The highest BCUT2D eigenvalue weighted by Crippen LogP contribution is 2.22. The molecule has 1 aromatic carbocycles. The quantitative estimate of drug-likeness (QED) is 0.766. The molecule has 1 aliphatic heterocycles. The van der Waals surface area contributed by atoms with E-state index in [9.17, 15) is 4.39 Å². The van der Waals surface area contributed by atoms with Crippen molar-refractivity contribution >= 4 is 23.3 Å². The SMILES string of the molecule is Cc1cc(Nc2ccccc2F)nc(N2CCN(c3ccccn3)CC2)n1. The number of nitrogens with zero attached hydrogens (tertiary/aromatic N) is 5. The number of benzene rings is 1. The van der Waals surface area contributed by atoms with Crippen LogP contribution in [0.4, 0.5) is 27.7 Å². The Bertz CT molecular complexity index is 909. The zero-order chi connectivity index (χ0) is 18.6. The molecule has 1 saturated heterocycles. The fraction of sp³-hybridized carbons (Fsp3) is 0.250. The fourth-order valence-electron chi connectivity index (χ4n) is 3.14. The molecule has 6 nitrogen and oxygen atoms in total. The lowest BCUT2D eigenvalue weighted by Crippen LogP contribution is -2.47. The zero-order valence-corrected chi connectivity index (χ0v) is 15.1. The molecule has 0 saturated carbocycles. The summed E-state index contributed by atoms with van der Waals surface area (Å²) in [5.41, 5.74) is 1.24. The summed E-state index contributed by atoms with van der Waals surface area (Å²) in [6.07, 6.45) is 1.81. The predicted molar refractivity (Wildman–Crippen MR) is 105 cm³/mol. The van der Waals surface area contributed by atoms with E-state index in [0.29, 0.717) is 17.5 Å². The van der Waals surface area contributed by atoms with Crippen LogP contribution < -0.4 is 15.1 Å². The van der Waals surface area contributed by atoms with Gasteiger partial charge in [-0.2, -0.15) is 4.98 Å². The molecule has 0 atom stereocenters. The summed E-state index contributed by atoms with van der Waals surface area (Å²) in [6.45, 7) is 5.23. The van der Waals surface area contributed by atoms with Gasteiger partial charge < -0.3 is 15.1 Å². The number of aryl methyl sites for hydroxylation is 1. The Labute approximate surface area is 157 Å². The normalized spacial score (nSPS) is 14.3. The Morgan fingerprint density at radius 3 is 2.41 bits per heavy atom. The summed E-state index contributed by atoms with van der Waals surface area (Å²) in [5.74, 6) is 1.94. The first-order valence-electron chi connectivity index (χ1n) is 8.97. The van der Waals surface area contributed by atoms with Gasteiger partial charge in [0.05, 0.1) is 5.69 Å². The number of halogens is 1. The molecule has 0 bridgehead atoms. The molecule has 0 aliphatic carbocycles. The molecular formula is C20H21FN6. The zero-order valence-electron chi connectivity index (χ0n) is 15.1. The molecule has 3 heterocycles. The Morgan fingerprint density at radius 1 is 0.926 bits per heavy atom. The Hall–Kier alpha value is -3.22. The van der Waals surface area contributed by atoms with Crippen molar-refractivity contribution < 1.29 is 4.39 Å². The highest BCUT2D eigenvalue weighted by atomic mass is 19.1. The lowest BCUT2D eigenvalue weighted by molar-refractivity contribution is 0.630. The van der Waals surface area contributed by atoms with Crippen LogP contribution in [0.2, 0.25) is 0 Å². The molecule has 1 aliphatic rings. The predicted octanol–water partition coefficient (Wildman–Crippen LogP) is 3.39. The Kier molecular flexibility index (Phi) is 4.82. The van der Waals surface area contributed by atoms with E-state index in [4.69, 9.17) is 0 Å². The van der Waals surface area contributed by atoms with Crippen LogP contribution in [-0.2, 0) is 0 Å². The maximum atomic E-state index is 13.9. The lowest BCUT2D eigenvalue weighted by atomic mass is 10.3. The number of anilines is 4. The van der Waals surface area contributed by atoms with Gasteiger partial charge in [-0.3, -0.25) is 0 Å². The van der Waals surface area contributed by atoms with Gasteiger partial charge >= 0.3 is 0 Å².